The van der Waals surface area contributed by atoms with Gasteiger partial charge in [0.15, 0.2) is 5.13 Å². The summed E-state index contributed by atoms with van der Waals surface area (Å²) < 4.78 is 0. The summed E-state index contributed by atoms with van der Waals surface area (Å²) in [7, 11) is 0. The van der Waals surface area contributed by atoms with Crippen LogP contribution in [0.1, 0.15) is 5.69 Å². The Morgan fingerprint density at radius 1 is 1.83 bits per heavy atom. The van der Waals surface area contributed by atoms with Gasteiger partial charge in [0.05, 0.1) is 12.1 Å². The number of hydrogen-bond donors (Lipinski definition) is 2. The van der Waals surface area contributed by atoms with Gasteiger partial charge >= 0.3 is 5.97 Å². The number of nitrogens with zero attached hydrogens (tertiary/aromatic N) is 1. The maximum absolute atomic E-state index is 10.2. The molecule has 2 N–H and O–H groups in total. The van der Waals surface area contributed by atoms with E-state index < -0.39 is 5.97 Å². The van der Waals surface area contributed by atoms with Gasteiger partial charge in [-0.1, -0.05) is 0 Å². The molecule has 1 rings (SSSR count). The number of carboxylic acid groups (broad SMARTS) is 1. The van der Waals surface area contributed by atoms with E-state index in [1.54, 1.807) is 5.38 Å². The Morgan fingerprint density at radius 3 is 3.17 bits per heavy atom. The number of carbonyl (C=O) groups excluding carboxylic acids is 1. The molecular weight excluding hydrogens is 180 g/mol. The molecule has 0 saturated heterocycles. The van der Waals surface area contributed by atoms with Gasteiger partial charge in [-0.15, -0.1) is 11.3 Å². The second-order valence-corrected chi connectivity index (χ2v) is 2.83. The Hall–Kier alpha value is -1.43. The van der Waals surface area contributed by atoms with E-state index >= 15 is 0 Å². The predicted molar refractivity (Wildman–Crippen MR) is 43.1 cm³/mol. The van der Waals surface area contributed by atoms with Crippen molar-refractivity contribution in [1.29, 1.82) is 0 Å². The van der Waals surface area contributed by atoms with E-state index in [2.05, 4.69) is 10.3 Å². The van der Waals surface area contributed by atoms with Crippen LogP contribution < -0.4 is 5.32 Å². The van der Waals surface area contributed by atoms with Crippen LogP contribution in [0.4, 0.5) is 5.13 Å². The zero-order valence-electron chi connectivity index (χ0n) is 5.98. The van der Waals surface area contributed by atoms with Crippen LogP contribution in [0.15, 0.2) is 5.38 Å². The van der Waals surface area contributed by atoms with E-state index in [9.17, 15) is 9.59 Å². The first kappa shape index (κ1) is 8.66. The fourth-order valence-electron chi connectivity index (χ4n) is 0.660. The number of hydrogen-bond acceptors (Lipinski definition) is 4. The minimum absolute atomic E-state index is 0.114. The molecule has 0 aromatic carbocycles. The first-order valence-corrected chi connectivity index (χ1v) is 3.96. The maximum Gasteiger partial charge on any atom is 0.309 e. The SMILES string of the molecule is O=CNc1nc(CC(=O)O)cs1. The van der Waals surface area contributed by atoms with Crippen molar-refractivity contribution in [3.8, 4) is 0 Å². The molecule has 1 aromatic rings. The molecule has 12 heavy (non-hydrogen) atoms. The van der Waals surface area contributed by atoms with Gasteiger partial charge in [0.2, 0.25) is 6.41 Å². The lowest BCUT2D eigenvalue weighted by Crippen LogP contribution is -2.00. The van der Waals surface area contributed by atoms with Gasteiger partial charge in [0, 0.05) is 5.38 Å². The van der Waals surface area contributed by atoms with Crippen LogP contribution in [0.5, 0.6) is 0 Å². The molecule has 1 amide bonds. The van der Waals surface area contributed by atoms with Crippen molar-refractivity contribution in [3.63, 3.8) is 0 Å². The van der Waals surface area contributed by atoms with E-state index in [-0.39, 0.29) is 6.42 Å². The summed E-state index contributed by atoms with van der Waals surface area (Å²) in [6.07, 6.45) is 0.389. The standard InChI is InChI=1S/C6H6N2O3S/c9-3-7-6-8-4(2-12-6)1-5(10)11/h2-3H,1H2,(H,10,11)(H,7,8,9). The lowest BCUT2D eigenvalue weighted by Gasteiger charge is -1.88. The van der Waals surface area contributed by atoms with Crippen molar-refractivity contribution >= 4 is 28.8 Å². The number of rotatable bonds is 4. The molecule has 0 radical (unpaired) electrons. The second kappa shape index (κ2) is 3.82. The molecule has 0 saturated carbocycles. The minimum atomic E-state index is -0.932. The quantitative estimate of drug-likeness (QED) is 0.664. The highest BCUT2D eigenvalue weighted by Gasteiger charge is 2.04. The molecule has 1 heterocycles. The Labute approximate surface area is 72.1 Å². The number of amides is 1. The number of anilines is 1. The Morgan fingerprint density at radius 2 is 2.58 bits per heavy atom. The van der Waals surface area contributed by atoms with Crippen LogP contribution >= 0.6 is 11.3 Å². The molecule has 0 atom stereocenters. The van der Waals surface area contributed by atoms with Crippen LogP contribution in [0, 0.1) is 0 Å². The fourth-order valence-corrected chi connectivity index (χ4v) is 1.33. The molecule has 0 unspecified atom stereocenters. The molecular formula is C6H6N2O3S. The van der Waals surface area contributed by atoms with Crippen molar-refractivity contribution in [1.82, 2.24) is 4.98 Å². The monoisotopic (exact) mass is 186 g/mol. The van der Waals surface area contributed by atoms with Gasteiger partial charge in [-0.3, -0.25) is 9.59 Å². The van der Waals surface area contributed by atoms with Gasteiger partial charge in [0.25, 0.3) is 0 Å². The lowest BCUT2D eigenvalue weighted by molar-refractivity contribution is -0.136. The minimum Gasteiger partial charge on any atom is -0.481 e. The highest BCUT2D eigenvalue weighted by molar-refractivity contribution is 7.13. The average Bonchev–Trinajstić information content (AvgIpc) is 2.36. The molecule has 5 nitrogen and oxygen atoms in total. The number of carbonyl (C=O) groups is 2. The molecule has 0 bridgehead atoms. The maximum atomic E-state index is 10.2. The summed E-state index contributed by atoms with van der Waals surface area (Å²) in [6, 6.07) is 0. The predicted octanol–water partition coefficient (Wildman–Crippen LogP) is 0.338. The van der Waals surface area contributed by atoms with Crippen LogP contribution in [-0.2, 0) is 16.0 Å². The summed E-state index contributed by atoms with van der Waals surface area (Å²) in [5, 5.41) is 12.7. The number of nitrogens with one attached hydrogen (secondary N) is 1. The fraction of sp³-hybridized carbons (Fsp3) is 0.167. The van der Waals surface area contributed by atoms with Gasteiger partial charge in [-0.2, -0.15) is 0 Å². The lowest BCUT2D eigenvalue weighted by atomic mass is 10.3. The van der Waals surface area contributed by atoms with Crippen molar-refractivity contribution in [2.24, 2.45) is 0 Å². The van der Waals surface area contributed by atoms with E-state index in [1.807, 2.05) is 0 Å². The second-order valence-electron chi connectivity index (χ2n) is 1.98. The van der Waals surface area contributed by atoms with Gasteiger partial charge in [-0.05, 0) is 0 Å². The molecule has 1 aromatic heterocycles. The van der Waals surface area contributed by atoms with Gasteiger partial charge in [-0.25, -0.2) is 4.98 Å². The van der Waals surface area contributed by atoms with Crippen LogP contribution in [0.2, 0.25) is 0 Å². The summed E-state index contributed by atoms with van der Waals surface area (Å²) >= 11 is 1.20. The Kier molecular flexibility index (Phi) is 2.76. The Bertz CT molecular complexity index is 297. The number of aliphatic carboxylic acids is 1. The molecule has 0 fully saturated rings. The van der Waals surface area contributed by atoms with E-state index in [0.717, 1.165) is 0 Å². The van der Waals surface area contributed by atoms with Crippen LogP contribution in [-0.4, -0.2) is 22.5 Å². The third kappa shape index (κ3) is 2.31. The van der Waals surface area contributed by atoms with Crippen molar-refractivity contribution in [2.45, 2.75) is 6.42 Å². The average molecular weight is 186 g/mol. The Balaban J connectivity index is 2.63. The summed E-state index contributed by atoms with van der Waals surface area (Å²) in [4.78, 5) is 24.0. The number of carboxylic acids is 1. The molecule has 0 aliphatic carbocycles. The van der Waals surface area contributed by atoms with Gasteiger partial charge in [0.1, 0.15) is 0 Å². The highest BCUT2D eigenvalue weighted by Crippen LogP contribution is 2.14. The van der Waals surface area contributed by atoms with Crippen molar-refractivity contribution in [2.75, 3.05) is 5.32 Å². The smallest absolute Gasteiger partial charge is 0.309 e. The van der Waals surface area contributed by atoms with E-state index in [1.165, 1.54) is 11.3 Å². The number of thiazole rings is 1. The first-order valence-electron chi connectivity index (χ1n) is 3.08. The summed E-state index contributed by atoms with van der Waals surface area (Å²) in [5.74, 6) is -0.932. The highest BCUT2D eigenvalue weighted by atomic mass is 32.1. The molecule has 6 heteroatoms. The topological polar surface area (TPSA) is 79.3 Å². The zero-order chi connectivity index (χ0) is 8.97. The van der Waals surface area contributed by atoms with Gasteiger partial charge < -0.3 is 10.4 Å². The normalized spacial score (nSPS) is 9.33. The van der Waals surface area contributed by atoms with E-state index in [4.69, 9.17) is 5.11 Å². The summed E-state index contributed by atoms with van der Waals surface area (Å²) in [6.45, 7) is 0. The third-order valence-corrected chi connectivity index (χ3v) is 1.89. The largest absolute Gasteiger partial charge is 0.481 e. The molecule has 0 aliphatic rings. The van der Waals surface area contributed by atoms with Crippen LogP contribution in [0.3, 0.4) is 0 Å². The van der Waals surface area contributed by atoms with Crippen molar-refractivity contribution < 1.29 is 14.7 Å². The molecule has 64 valence electrons. The third-order valence-electron chi connectivity index (χ3n) is 1.07. The van der Waals surface area contributed by atoms with Crippen molar-refractivity contribution in [3.05, 3.63) is 11.1 Å². The summed E-state index contributed by atoms with van der Waals surface area (Å²) in [5.41, 5.74) is 0.455. The van der Waals surface area contributed by atoms with Crippen LogP contribution in [0.25, 0.3) is 0 Å². The molecule has 0 aliphatic heterocycles. The van der Waals surface area contributed by atoms with E-state index in [0.29, 0.717) is 17.2 Å². The number of aromatic nitrogens is 1. The first-order chi connectivity index (χ1) is 5.72. The molecule has 0 spiro atoms. The zero-order valence-corrected chi connectivity index (χ0v) is 6.80.